The maximum Gasteiger partial charge on any atom is 0.102 e. The van der Waals surface area contributed by atoms with Crippen LogP contribution in [0.4, 0.5) is 4.39 Å². The summed E-state index contributed by atoms with van der Waals surface area (Å²) in [6, 6.07) is 0. The lowest BCUT2D eigenvalue weighted by atomic mass is 9.97. The number of nitrogens with zero attached hydrogens (tertiary/aromatic N) is 1. The van der Waals surface area contributed by atoms with Crippen LogP contribution in [0.25, 0.3) is 0 Å². The Morgan fingerprint density at radius 2 is 2.25 bits per heavy atom. The van der Waals surface area contributed by atoms with Gasteiger partial charge in [-0.1, -0.05) is 13.8 Å². The summed E-state index contributed by atoms with van der Waals surface area (Å²) < 4.78 is 12.0. The van der Waals surface area contributed by atoms with Gasteiger partial charge in [0.05, 0.1) is 0 Å². The second kappa shape index (κ2) is 4.80. The molecule has 1 saturated heterocycles. The van der Waals surface area contributed by atoms with Crippen molar-refractivity contribution in [3.63, 3.8) is 0 Å². The Morgan fingerprint density at radius 1 is 1.50 bits per heavy atom. The lowest BCUT2D eigenvalue weighted by Crippen LogP contribution is -2.23. The van der Waals surface area contributed by atoms with Crippen LogP contribution in [0.1, 0.15) is 26.7 Å². The van der Waals surface area contributed by atoms with Crippen molar-refractivity contribution in [3.8, 4) is 0 Å². The number of likely N-dealkylation sites (tertiary alicyclic amines) is 1. The van der Waals surface area contributed by atoms with Gasteiger partial charge in [-0.2, -0.15) is 0 Å². The fourth-order valence-corrected chi connectivity index (χ4v) is 2.09. The highest BCUT2D eigenvalue weighted by Gasteiger charge is 2.22. The maximum absolute atomic E-state index is 12.0. The number of hydrogen-bond acceptors (Lipinski definition) is 1. The molecule has 0 spiro atoms. The normalized spacial score (nSPS) is 25.5. The molecule has 12 heavy (non-hydrogen) atoms. The van der Waals surface area contributed by atoms with E-state index in [0.29, 0.717) is 6.54 Å². The predicted molar refractivity (Wildman–Crippen MR) is 50.0 cm³/mol. The third-order valence-corrected chi connectivity index (χ3v) is 2.58. The topological polar surface area (TPSA) is 3.24 Å². The molecule has 2 heteroatoms. The van der Waals surface area contributed by atoms with Gasteiger partial charge in [-0.25, -0.2) is 4.39 Å². The molecule has 1 unspecified atom stereocenters. The molecule has 0 amide bonds. The van der Waals surface area contributed by atoms with Crippen LogP contribution in [0.15, 0.2) is 0 Å². The van der Waals surface area contributed by atoms with Gasteiger partial charge >= 0.3 is 0 Å². The molecule has 0 aliphatic carbocycles. The highest BCUT2D eigenvalue weighted by atomic mass is 19.1. The molecule has 1 aliphatic heterocycles. The van der Waals surface area contributed by atoms with Gasteiger partial charge in [-0.15, -0.1) is 0 Å². The van der Waals surface area contributed by atoms with E-state index >= 15 is 0 Å². The third-order valence-electron chi connectivity index (χ3n) is 2.58. The summed E-state index contributed by atoms with van der Waals surface area (Å²) in [5.74, 6) is 1.62. The molecule has 1 aliphatic rings. The van der Waals surface area contributed by atoms with Crippen molar-refractivity contribution in [2.45, 2.75) is 26.7 Å². The lowest BCUT2D eigenvalue weighted by molar-refractivity contribution is 0.281. The Kier molecular flexibility index (Phi) is 3.99. The van der Waals surface area contributed by atoms with Crippen molar-refractivity contribution >= 4 is 0 Å². The summed E-state index contributed by atoms with van der Waals surface area (Å²) in [5.41, 5.74) is 0. The number of alkyl halides is 1. The van der Waals surface area contributed by atoms with Gasteiger partial charge in [-0.05, 0) is 31.2 Å². The first-order valence-corrected chi connectivity index (χ1v) is 5.00. The Labute approximate surface area is 74.9 Å². The molecule has 0 N–H and O–H groups in total. The number of hydrogen-bond donors (Lipinski definition) is 0. The number of rotatable bonds is 4. The van der Waals surface area contributed by atoms with Crippen molar-refractivity contribution in [1.29, 1.82) is 0 Å². The molecule has 1 heterocycles. The van der Waals surface area contributed by atoms with Crippen molar-refractivity contribution < 1.29 is 4.39 Å². The molecule has 1 nitrogen and oxygen atoms in total. The number of halogens is 1. The van der Waals surface area contributed by atoms with Crippen LogP contribution in [0.3, 0.4) is 0 Å². The average Bonchev–Trinajstić information content (AvgIpc) is 2.36. The van der Waals surface area contributed by atoms with Crippen LogP contribution in [0.5, 0.6) is 0 Å². The molecule has 0 saturated carbocycles. The molecule has 0 radical (unpaired) electrons. The molecular weight excluding hydrogens is 153 g/mol. The summed E-state index contributed by atoms with van der Waals surface area (Å²) >= 11 is 0. The van der Waals surface area contributed by atoms with Crippen molar-refractivity contribution in [3.05, 3.63) is 0 Å². The zero-order valence-electron chi connectivity index (χ0n) is 8.22. The lowest BCUT2D eigenvalue weighted by Gasteiger charge is -2.14. The van der Waals surface area contributed by atoms with Crippen LogP contribution >= 0.6 is 0 Å². The minimum absolute atomic E-state index is 0.186. The average molecular weight is 173 g/mol. The quantitative estimate of drug-likeness (QED) is 0.630. The minimum atomic E-state index is -0.186. The SMILES string of the molecule is CC(C)CC1CCN(CCF)C1. The van der Waals surface area contributed by atoms with E-state index in [1.54, 1.807) is 0 Å². The monoisotopic (exact) mass is 173 g/mol. The van der Waals surface area contributed by atoms with Crippen molar-refractivity contribution in [1.82, 2.24) is 4.90 Å². The molecule has 0 aromatic heterocycles. The highest BCUT2D eigenvalue weighted by Crippen LogP contribution is 2.22. The fourth-order valence-electron chi connectivity index (χ4n) is 2.09. The second-order valence-corrected chi connectivity index (χ2v) is 4.27. The minimum Gasteiger partial charge on any atom is -0.300 e. The van der Waals surface area contributed by atoms with Crippen LogP contribution in [0, 0.1) is 11.8 Å². The smallest absolute Gasteiger partial charge is 0.102 e. The first-order valence-electron chi connectivity index (χ1n) is 5.00. The Bertz CT molecular complexity index is 125. The molecule has 1 fully saturated rings. The van der Waals surface area contributed by atoms with Gasteiger partial charge in [0.25, 0.3) is 0 Å². The molecule has 1 atom stereocenters. The largest absolute Gasteiger partial charge is 0.300 e. The molecule has 0 aromatic carbocycles. The first-order chi connectivity index (χ1) is 5.72. The third kappa shape index (κ3) is 3.10. The van der Waals surface area contributed by atoms with Gasteiger partial charge in [0, 0.05) is 13.1 Å². The van der Waals surface area contributed by atoms with Crippen molar-refractivity contribution in [2.24, 2.45) is 11.8 Å². The van der Waals surface area contributed by atoms with E-state index in [2.05, 4.69) is 18.7 Å². The molecule has 1 rings (SSSR count). The Hall–Kier alpha value is -0.110. The zero-order valence-corrected chi connectivity index (χ0v) is 8.22. The molecule has 72 valence electrons. The first kappa shape index (κ1) is 9.97. The summed E-state index contributed by atoms with van der Waals surface area (Å²) in [7, 11) is 0. The zero-order chi connectivity index (χ0) is 8.97. The van der Waals surface area contributed by atoms with Gasteiger partial charge in [0.1, 0.15) is 6.67 Å². The van der Waals surface area contributed by atoms with Gasteiger partial charge in [0.15, 0.2) is 0 Å². The van der Waals surface area contributed by atoms with E-state index in [-0.39, 0.29) is 6.67 Å². The molecule has 0 bridgehead atoms. The van der Waals surface area contributed by atoms with E-state index in [1.807, 2.05) is 0 Å². The maximum atomic E-state index is 12.0. The Balaban J connectivity index is 2.16. The van der Waals surface area contributed by atoms with Crippen molar-refractivity contribution in [2.75, 3.05) is 26.3 Å². The summed E-state index contributed by atoms with van der Waals surface area (Å²) in [5, 5.41) is 0. The predicted octanol–water partition coefficient (Wildman–Crippen LogP) is 2.32. The van der Waals surface area contributed by atoms with E-state index < -0.39 is 0 Å². The van der Waals surface area contributed by atoms with E-state index in [9.17, 15) is 4.39 Å². The van der Waals surface area contributed by atoms with Crippen LogP contribution in [-0.4, -0.2) is 31.2 Å². The second-order valence-electron chi connectivity index (χ2n) is 4.27. The Morgan fingerprint density at radius 3 is 2.83 bits per heavy atom. The van der Waals surface area contributed by atoms with Gasteiger partial charge in [-0.3, -0.25) is 0 Å². The van der Waals surface area contributed by atoms with E-state index in [4.69, 9.17) is 0 Å². The van der Waals surface area contributed by atoms with Crippen LogP contribution < -0.4 is 0 Å². The van der Waals surface area contributed by atoms with Crippen LogP contribution in [-0.2, 0) is 0 Å². The molecular formula is C10H20FN. The fraction of sp³-hybridized carbons (Fsp3) is 1.00. The van der Waals surface area contributed by atoms with Crippen LogP contribution in [0.2, 0.25) is 0 Å². The van der Waals surface area contributed by atoms with Gasteiger partial charge < -0.3 is 4.90 Å². The standard InChI is InChI=1S/C10H20FN/c1-9(2)7-10-3-5-12(8-10)6-4-11/h9-10H,3-8H2,1-2H3. The summed E-state index contributed by atoms with van der Waals surface area (Å²) in [4.78, 5) is 2.24. The van der Waals surface area contributed by atoms with E-state index in [1.165, 1.54) is 12.8 Å². The highest BCUT2D eigenvalue weighted by molar-refractivity contribution is 4.75. The molecule has 0 aromatic rings. The van der Waals surface area contributed by atoms with E-state index in [0.717, 1.165) is 24.9 Å². The van der Waals surface area contributed by atoms with Gasteiger partial charge in [0.2, 0.25) is 0 Å². The summed E-state index contributed by atoms with van der Waals surface area (Å²) in [6.07, 6.45) is 2.58. The summed E-state index contributed by atoms with van der Waals surface area (Å²) in [6.45, 7) is 7.22.